The zero-order valence-corrected chi connectivity index (χ0v) is 13.6. The molecule has 2 rings (SSSR count). The topological polar surface area (TPSA) is 71.1 Å². The Morgan fingerprint density at radius 2 is 1.91 bits per heavy atom. The lowest BCUT2D eigenvalue weighted by molar-refractivity contribution is 0.100. The Kier molecular flexibility index (Phi) is 5.46. The molecule has 0 unspecified atom stereocenters. The van der Waals surface area contributed by atoms with E-state index in [1.807, 2.05) is 6.07 Å². The molecular weight excluding hydrogens is 290 g/mol. The molecule has 1 aromatic carbocycles. The maximum atomic E-state index is 12.2. The fourth-order valence-corrected chi connectivity index (χ4v) is 1.97. The number of aromatic nitrogens is 1. The minimum absolute atomic E-state index is 0.0418. The number of carbonyl (C=O) groups excluding carboxylic acids is 2. The van der Waals surface area contributed by atoms with Gasteiger partial charge in [-0.05, 0) is 37.1 Å². The smallest absolute Gasteiger partial charge is 0.274 e. The number of benzene rings is 1. The van der Waals surface area contributed by atoms with E-state index >= 15 is 0 Å². The molecule has 120 valence electrons. The Morgan fingerprint density at radius 1 is 1.13 bits per heavy atom. The summed E-state index contributed by atoms with van der Waals surface area (Å²) in [6, 6.07) is 10.3. The van der Waals surface area contributed by atoms with Crippen LogP contribution in [-0.2, 0) is 0 Å². The molecule has 2 aromatic rings. The maximum Gasteiger partial charge on any atom is 0.274 e. The van der Waals surface area contributed by atoms with Crippen molar-refractivity contribution in [2.24, 2.45) is 5.92 Å². The van der Waals surface area contributed by atoms with Gasteiger partial charge in [0, 0.05) is 17.8 Å². The molecule has 0 aliphatic rings. The van der Waals surface area contributed by atoms with E-state index in [1.54, 1.807) is 36.5 Å². The van der Waals surface area contributed by atoms with Gasteiger partial charge in [0.2, 0.25) is 0 Å². The molecule has 23 heavy (non-hydrogen) atoms. The highest BCUT2D eigenvalue weighted by Gasteiger charge is 2.09. The van der Waals surface area contributed by atoms with E-state index in [0.717, 1.165) is 12.2 Å². The van der Waals surface area contributed by atoms with Crippen molar-refractivity contribution in [3.8, 4) is 0 Å². The molecule has 0 spiro atoms. The highest BCUT2D eigenvalue weighted by Crippen LogP contribution is 2.13. The van der Waals surface area contributed by atoms with E-state index in [2.05, 4.69) is 29.5 Å². The molecule has 1 aromatic heterocycles. The van der Waals surface area contributed by atoms with Crippen molar-refractivity contribution in [2.75, 3.05) is 17.2 Å². The molecule has 0 atom stereocenters. The molecule has 1 heterocycles. The summed E-state index contributed by atoms with van der Waals surface area (Å²) in [6.07, 6.45) is 1.64. The maximum absolute atomic E-state index is 12.2. The predicted octanol–water partition coefficient (Wildman–Crippen LogP) is 3.60. The number of Topliss-reactive ketones (excluding diaryl/α,β-unsaturated/α-hetero) is 1. The summed E-state index contributed by atoms with van der Waals surface area (Å²) in [6.45, 7) is 6.59. The van der Waals surface area contributed by atoms with Gasteiger partial charge in [0.05, 0.1) is 11.9 Å². The highest BCUT2D eigenvalue weighted by atomic mass is 16.2. The van der Waals surface area contributed by atoms with Gasteiger partial charge in [-0.3, -0.25) is 9.59 Å². The second kappa shape index (κ2) is 7.54. The summed E-state index contributed by atoms with van der Waals surface area (Å²) in [5.74, 6) is 0.187. The first kappa shape index (κ1) is 16.7. The van der Waals surface area contributed by atoms with Gasteiger partial charge in [-0.2, -0.15) is 0 Å². The third kappa shape index (κ3) is 4.92. The first-order valence-electron chi connectivity index (χ1n) is 7.58. The number of hydrogen-bond donors (Lipinski definition) is 2. The van der Waals surface area contributed by atoms with Crippen molar-refractivity contribution in [1.29, 1.82) is 0 Å². The van der Waals surface area contributed by atoms with E-state index in [9.17, 15) is 9.59 Å². The summed E-state index contributed by atoms with van der Waals surface area (Å²) >= 11 is 0. The number of carbonyl (C=O) groups is 2. The molecule has 0 saturated carbocycles. The highest BCUT2D eigenvalue weighted by molar-refractivity contribution is 6.04. The summed E-state index contributed by atoms with van der Waals surface area (Å²) in [4.78, 5) is 27.7. The van der Waals surface area contributed by atoms with Gasteiger partial charge in [0.25, 0.3) is 5.91 Å². The standard InChI is InChI=1S/C18H21N3O2/c1-12(2)10-19-16-7-8-17(20-11-16)18(23)21-15-6-4-5-14(9-15)13(3)22/h4-9,11-12,19H,10H2,1-3H3,(H,21,23). The van der Waals surface area contributed by atoms with Crippen LogP contribution < -0.4 is 10.6 Å². The Bertz CT molecular complexity index is 694. The zero-order chi connectivity index (χ0) is 16.8. The summed E-state index contributed by atoms with van der Waals surface area (Å²) in [5, 5.41) is 6.00. The summed E-state index contributed by atoms with van der Waals surface area (Å²) < 4.78 is 0. The van der Waals surface area contributed by atoms with Crippen molar-refractivity contribution >= 4 is 23.1 Å². The molecule has 5 heteroatoms. The largest absolute Gasteiger partial charge is 0.384 e. The third-order valence-electron chi connectivity index (χ3n) is 3.24. The second-order valence-corrected chi connectivity index (χ2v) is 5.80. The molecule has 0 aliphatic carbocycles. The Hall–Kier alpha value is -2.69. The zero-order valence-electron chi connectivity index (χ0n) is 13.6. The molecule has 0 saturated heterocycles. The molecular formula is C18H21N3O2. The van der Waals surface area contributed by atoms with Crippen LogP contribution in [0.3, 0.4) is 0 Å². The lowest BCUT2D eigenvalue weighted by Gasteiger charge is -2.09. The molecule has 0 bridgehead atoms. The van der Waals surface area contributed by atoms with Crippen molar-refractivity contribution in [3.63, 3.8) is 0 Å². The number of amides is 1. The summed E-state index contributed by atoms with van der Waals surface area (Å²) in [7, 11) is 0. The van der Waals surface area contributed by atoms with Crippen LogP contribution >= 0.6 is 0 Å². The number of anilines is 2. The van der Waals surface area contributed by atoms with E-state index < -0.39 is 0 Å². The van der Waals surface area contributed by atoms with E-state index in [-0.39, 0.29) is 11.7 Å². The minimum atomic E-state index is -0.305. The number of pyridine rings is 1. The predicted molar refractivity (Wildman–Crippen MR) is 92.0 cm³/mol. The quantitative estimate of drug-likeness (QED) is 0.800. The first-order valence-corrected chi connectivity index (χ1v) is 7.58. The average Bonchev–Trinajstić information content (AvgIpc) is 2.53. The summed E-state index contributed by atoms with van der Waals surface area (Å²) in [5.41, 5.74) is 2.35. The van der Waals surface area contributed by atoms with Crippen LogP contribution in [0.15, 0.2) is 42.6 Å². The Morgan fingerprint density at radius 3 is 2.52 bits per heavy atom. The van der Waals surface area contributed by atoms with Gasteiger partial charge >= 0.3 is 0 Å². The van der Waals surface area contributed by atoms with Crippen LogP contribution in [0.5, 0.6) is 0 Å². The van der Waals surface area contributed by atoms with Crippen LogP contribution in [0.25, 0.3) is 0 Å². The Balaban J connectivity index is 2.03. The lowest BCUT2D eigenvalue weighted by atomic mass is 10.1. The normalized spacial score (nSPS) is 10.4. The third-order valence-corrected chi connectivity index (χ3v) is 3.24. The number of hydrogen-bond acceptors (Lipinski definition) is 4. The molecule has 2 N–H and O–H groups in total. The fraction of sp³-hybridized carbons (Fsp3) is 0.278. The molecule has 0 radical (unpaired) electrons. The number of ketones is 1. The average molecular weight is 311 g/mol. The van der Waals surface area contributed by atoms with Crippen LogP contribution in [0.2, 0.25) is 0 Å². The van der Waals surface area contributed by atoms with Gasteiger partial charge in [-0.15, -0.1) is 0 Å². The first-order chi connectivity index (χ1) is 11.0. The van der Waals surface area contributed by atoms with Gasteiger partial charge in [-0.25, -0.2) is 4.98 Å². The van der Waals surface area contributed by atoms with Gasteiger partial charge < -0.3 is 10.6 Å². The van der Waals surface area contributed by atoms with Crippen molar-refractivity contribution < 1.29 is 9.59 Å². The fourth-order valence-electron chi connectivity index (χ4n) is 1.97. The van der Waals surface area contributed by atoms with Crippen LogP contribution in [-0.4, -0.2) is 23.2 Å². The number of nitrogens with one attached hydrogen (secondary N) is 2. The Labute approximate surface area is 136 Å². The SMILES string of the molecule is CC(=O)c1cccc(NC(=O)c2ccc(NCC(C)C)cn2)c1. The monoisotopic (exact) mass is 311 g/mol. The van der Waals surface area contributed by atoms with E-state index in [4.69, 9.17) is 0 Å². The van der Waals surface area contributed by atoms with Gasteiger partial charge in [0.15, 0.2) is 5.78 Å². The van der Waals surface area contributed by atoms with Crippen LogP contribution in [0.4, 0.5) is 11.4 Å². The number of rotatable bonds is 6. The lowest BCUT2D eigenvalue weighted by Crippen LogP contribution is -2.14. The van der Waals surface area contributed by atoms with E-state index in [1.165, 1.54) is 6.92 Å². The second-order valence-electron chi connectivity index (χ2n) is 5.80. The van der Waals surface area contributed by atoms with Gasteiger partial charge in [-0.1, -0.05) is 26.0 Å². The van der Waals surface area contributed by atoms with Gasteiger partial charge in [0.1, 0.15) is 5.69 Å². The molecule has 0 fully saturated rings. The molecule has 0 aliphatic heterocycles. The molecule has 1 amide bonds. The van der Waals surface area contributed by atoms with Crippen LogP contribution in [0, 0.1) is 5.92 Å². The van der Waals surface area contributed by atoms with Crippen molar-refractivity contribution in [3.05, 3.63) is 53.9 Å². The minimum Gasteiger partial charge on any atom is -0.384 e. The van der Waals surface area contributed by atoms with Crippen LogP contribution in [0.1, 0.15) is 41.6 Å². The number of nitrogens with zero attached hydrogens (tertiary/aromatic N) is 1. The molecule has 5 nitrogen and oxygen atoms in total. The van der Waals surface area contributed by atoms with Crippen molar-refractivity contribution in [2.45, 2.75) is 20.8 Å². The van der Waals surface area contributed by atoms with E-state index in [0.29, 0.717) is 22.9 Å². The van der Waals surface area contributed by atoms with Crippen molar-refractivity contribution in [1.82, 2.24) is 4.98 Å².